The van der Waals surface area contributed by atoms with E-state index in [2.05, 4.69) is 9.44 Å². The van der Waals surface area contributed by atoms with Crippen molar-refractivity contribution in [2.24, 2.45) is 0 Å². The normalized spacial score (nSPS) is 24.0. The van der Waals surface area contributed by atoms with Gasteiger partial charge in [-0.15, -0.1) is 0 Å². The summed E-state index contributed by atoms with van der Waals surface area (Å²) in [5, 5.41) is 0. The smallest absolute Gasteiger partial charge is 0.108 e. The Hall–Kier alpha value is 0.230. The van der Waals surface area contributed by atoms with E-state index >= 15 is 0 Å². The SMILES string of the molecule is C1NSNCO1. The van der Waals surface area contributed by atoms with E-state index in [4.69, 9.17) is 4.74 Å². The molecule has 0 amide bonds. The molecule has 1 aliphatic rings. The predicted octanol–water partition coefficient (Wildman–Crippen LogP) is -0.326. The molecule has 3 nitrogen and oxygen atoms in total. The zero-order valence-electron chi connectivity index (χ0n) is 3.23. The number of hydrogen-bond acceptors (Lipinski definition) is 4. The monoisotopic (exact) mass is 106 g/mol. The van der Waals surface area contributed by atoms with Gasteiger partial charge in [0.05, 0.1) is 0 Å². The Morgan fingerprint density at radius 3 is 2.17 bits per heavy atom. The van der Waals surface area contributed by atoms with Crippen LogP contribution in [0.5, 0.6) is 0 Å². The molecule has 1 aliphatic heterocycles. The summed E-state index contributed by atoms with van der Waals surface area (Å²) in [5.74, 6) is 0. The Balaban J connectivity index is 2.00. The van der Waals surface area contributed by atoms with E-state index < -0.39 is 0 Å². The minimum Gasteiger partial charge on any atom is -0.349 e. The van der Waals surface area contributed by atoms with Crippen molar-refractivity contribution in [3.63, 3.8) is 0 Å². The lowest BCUT2D eigenvalue weighted by atomic mass is 11.2. The first-order valence-corrected chi connectivity index (χ1v) is 2.51. The molecule has 0 unspecified atom stereocenters. The zero-order chi connectivity index (χ0) is 4.24. The number of nitrogens with one attached hydrogen (secondary N) is 2. The van der Waals surface area contributed by atoms with Crippen molar-refractivity contribution >= 4 is 12.1 Å². The predicted molar refractivity (Wildman–Crippen MR) is 24.7 cm³/mol. The van der Waals surface area contributed by atoms with Gasteiger partial charge in [0, 0.05) is 12.1 Å². The molecular formula is C2H6N2OS. The van der Waals surface area contributed by atoms with Crippen molar-refractivity contribution in [1.82, 2.24) is 9.44 Å². The van der Waals surface area contributed by atoms with Gasteiger partial charge in [0.25, 0.3) is 0 Å². The summed E-state index contributed by atoms with van der Waals surface area (Å²) in [5.41, 5.74) is 0. The van der Waals surface area contributed by atoms with E-state index in [1.807, 2.05) is 0 Å². The molecule has 0 aromatic carbocycles. The lowest BCUT2D eigenvalue weighted by Gasteiger charge is -2.10. The minimum absolute atomic E-state index is 0.650. The van der Waals surface area contributed by atoms with Crippen LogP contribution in [0.25, 0.3) is 0 Å². The van der Waals surface area contributed by atoms with Crippen LogP contribution >= 0.6 is 12.1 Å². The molecule has 0 aromatic rings. The molecule has 1 fully saturated rings. The lowest BCUT2D eigenvalue weighted by Crippen LogP contribution is -2.26. The molecule has 1 saturated heterocycles. The van der Waals surface area contributed by atoms with Gasteiger partial charge in [-0.1, -0.05) is 0 Å². The van der Waals surface area contributed by atoms with Gasteiger partial charge in [-0.25, -0.2) is 9.44 Å². The fourth-order valence-corrected chi connectivity index (χ4v) is 0.631. The van der Waals surface area contributed by atoms with Gasteiger partial charge in [-0.3, -0.25) is 0 Å². The van der Waals surface area contributed by atoms with Crippen LogP contribution in [0, 0.1) is 0 Å². The number of ether oxygens (including phenoxy) is 1. The Kier molecular flexibility index (Phi) is 1.76. The highest BCUT2D eigenvalue weighted by atomic mass is 32.2. The van der Waals surface area contributed by atoms with Gasteiger partial charge >= 0.3 is 0 Å². The van der Waals surface area contributed by atoms with Crippen molar-refractivity contribution in [3.05, 3.63) is 0 Å². The summed E-state index contributed by atoms with van der Waals surface area (Å²) in [6.45, 7) is 1.30. The Morgan fingerprint density at radius 1 is 1.33 bits per heavy atom. The fraction of sp³-hybridized carbons (Fsp3) is 1.00. The highest BCUT2D eigenvalue weighted by Crippen LogP contribution is 1.88. The molecule has 1 rings (SSSR count). The Morgan fingerprint density at radius 2 is 2.00 bits per heavy atom. The molecule has 0 aromatic heterocycles. The second-order valence-corrected chi connectivity index (χ2v) is 1.67. The summed E-state index contributed by atoms with van der Waals surface area (Å²) >= 11 is 1.47. The van der Waals surface area contributed by atoms with Crippen LogP contribution in [0.2, 0.25) is 0 Å². The topological polar surface area (TPSA) is 33.3 Å². The molecule has 36 valence electrons. The third-order valence-electron chi connectivity index (χ3n) is 0.466. The Bertz CT molecular complexity index is 27.0. The van der Waals surface area contributed by atoms with Gasteiger partial charge < -0.3 is 4.74 Å². The van der Waals surface area contributed by atoms with Crippen molar-refractivity contribution in [1.29, 1.82) is 0 Å². The van der Waals surface area contributed by atoms with E-state index in [1.165, 1.54) is 12.1 Å². The third kappa shape index (κ3) is 1.14. The summed E-state index contributed by atoms with van der Waals surface area (Å²) in [6.07, 6.45) is 0. The quantitative estimate of drug-likeness (QED) is 0.414. The van der Waals surface area contributed by atoms with Crippen LogP contribution in [-0.4, -0.2) is 13.5 Å². The van der Waals surface area contributed by atoms with Crippen LogP contribution in [0.4, 0.5) is 0 Å². The van der Waals surface area contributed by atoms with Gasteiger partial charge in [-0.2, -0.15) is 0 Å². The largest absolute Gasteiger partial charge is 0.349 e. The molecule has 0 radical (unpaired) electrons. The average Bonchev–Trinajstić information content (AvgIpc) is 1.72. The van der Waals surface area contributed by atoms with E-state index in [-0.39, 0.29) is 0 Å². The molecule has 0 atom stereocenters. The minimum atomic E-state index is 0.650. The van der Waals surface area contributed by atoms with Crippen LogP contribution in [0.3, 0.4) is 0 Å². The molecule has 0 bridgehead atoms. The van der Waals surface area contributed by atoms with E-state index in [1.54, 1.807) is 0 Å². The highest BCUT2D eigenvalue weighted by molar-refractivity contribution is 7.95. The van der Waals surface area contributed by atoms with Crippen LogP contribution in [0.15, 0.2) is 0 Å². The first-order chi connectivity index (χ1) is 3.00. The van der Waals surface area contributed by atoms with Gasteiger partial charge in [0.15, 0.2) is 0 Å². The molecule has 0 saturated carbocycles. The van der Waals surface area contributed by atoms with Gasteiger partial charge in [0.1, 0.15) is 13.5 Å². The van der Waals surface area contributed by atoms with Gasteiger partial charge in [0.2, 0.25) is 0 Å². The summed E-state index contributed by atoms with van der Waals surface area (Å²) < 4.78 is 10.6. The van der Waals surface area contributed by atoms with Crippen molar-refractivity contribution < 1.29 is 4.74 Å². The number of rotatable bonds is 0. The zero-order valence-corrected chi connectivity index (χ0v) is 4.05. The molecule has 0 spiro atoms. The molecule has 2 N–H and O–H groups in total. The van der Waals surface area contributed by atoms with Gasteiger partial charge in [-0.05, 0) is 0 Å². The van der Waals surface area contributed by atoms with Crippen LogP contribution in [0.1, 0.15) is 0 Å². The maximum atomic E-state index is 4.83. The summed E-state index contributed by atoms with van der Waals surface area (Å²) in [4.78, 5) is 0. The Labute approximate surface area is 40.7 Å². The van der Waals surface area contributed by atoms with E-state index in [0.29, 0.717) is 13.5 Å². The maximum Gasteiger partial charge on any atom is 0.108 e. The maximum absolute atomic E-state index is 4.83. The molecule has 0 aliphatic carbocycles. The first kappa shape index (κ1) is 4.39. The van der Waals surface area contributed by atoms with Crippen LogP contribution < -0.4 is 9.44 Å². The summed E-state index contributed by atoms with van der Waals surface area (Å²) in [7, 11) is 0. The molecule has 1 heterocycles. The van der Waals surface area contributed by atoms with E-state index in [0.717, 1.165) is 0 Å². The average molecular weight is 106 g/mol. The molecular weight excluding hydrogens is 100 g/mol. The third-order valence-corrected chi connectivity index (χ3v) is 0.991. The van der Waals surface area contributed by atoms with Crippen molar-refractivity contribution in [3.8, 4) is 0 Å². The lowest BCUT2D eigenvalue weighted by molar-refractivity contribution is 0.121. The summed E-state index contributed by atoms with van der Waals surface area (Å²) in [6, 6.07) is 0. The second kappa shape index (κ2) is 2.41. The fourth-order valence-electron chi connectivity index (χ4n) is 0.244. The number of hydrogen-bond donors (Lipinski definition) is 2. The standard InChI is InChI=1S/C2H6N2OS/c1-3-6-4-2-5-1/h3-4H,1-2H2. The second-order valence-electron chi connectivity index (χ2n) is 0.884. The van der Waals surface area contributed by atoms with E-state index in [9.17, 15) is 0 Å². The first-order valence-electron chi connectivity index (χ1n) is 1.69. The molecule has 4 heteroatoms. The van der Waals surface area contributed by atoms with Crippen molar-refractivity contribution in [2.75, 3.05) is 13.5 Å². The molecule has 6 heavy (non-hydrogen) atoms. The van der Waals surface area contributed by atoms with Crippen LogP contribution in [-0.2, 0) is 4.74 Å². The van der Waals surface area contributed by atoms with Crippen molar-refractivity contribution in [2.45, 2.75) is 0 Å². The highest BCUT2D eigenvalue weighted by Gasteiger charge is 1.91.